The van der Waals surface area contributed by atoms with Crippen LogP contribution < -0.4 is 0 Å². The zero-order chi connectivity index (χ0) is 11.6. The van der Waals surface area contributed by atoms with E-state index in [4.69, 9.17) is 5.11 Å². The van der Waals surface area contributed by atoms with E-state index in [0.717, 1.165) is 7.11 Å². The molecule has 0 spiro atoms. The Labute approximate surface area is 83.7 Å². The third-order valence-electron chi connectivity index (χ3n) is 1.79. The molecule has 1 aromatic carbocycles. The number of phenolic OH excluding ortho intramolecular Hbond substituents is 1. The van der Waals surface area contributed by atoms with Gasteiger partial charge in [0.2, 0.25) is 0 Å². The van der Waals surface area contributed by atoms with Crippen molar-refractivity contribution in [3.63, 3.8) is 0 Å². The maximum atomic E-state index is 12.7. The molecule has 0 fully saturated rings. The lowest BCUT2D eigenvalue weighted by Gasteiger charge is -2.10. The van der Waals surface area contributed by atoms with E-state index >= 15 is 0 Å². The van der Waals surface area contributed by atoms with Crippen LogP contribution in [0.1, 0.15) is 11.7 Å². The lowest BCUT2D eigenvalue weighted by atomic mass is 10.1. The number of hydrogen-bond donors (Lipinski definition) is 2. The van der Waals surface area contributed by atoms with Crippen LogP contribution >= 0.6 is 0 Å². The van der Waals surface area contributed by atoms with Gasteiger partial charge in [-0.05, 0) is 6.07 Å². The monoisotopic (exact) mass is 218 g/mol. The molecule has 82 valence electrons. The fourth-order valence-electron chi connectivity index (χ4n) is 1.01. The van der Waals surface area contributed by atoms with Gasteiger partial charge in [0.15, 0.2) is 17.7 Å². The number of benzene rings is 1. The SMILES string of the molecule is COC(=O)C(O)c1cc(F)c(F)cc1O. The van der Waals surface area contributed by atoms with E-state index in [1.54, 1.807) is 0 Å². The van der Waals surface area contributed by atoms with E-state index in [0.29, 0.717) is 12.1 Å². The van der Waals surface area contributed by atoms with Gasteiger partial charge in [0, 0.05) is 11.6 Å². The number of aliphatic hydroxyl groups excluding tert-OH is 1. The number of carbonyl (C=O) groups is 1. The summed E-state index contributed by atoms with van der Waals surface area (Å²) in [6.07, 6.45) is -1.84. The smallest absolute Gasteiger partial charge is 0.339 e. The Morgan fingerprint density at radius 2 is 1.93 bits per heavy atom. The summed E-state index contributed by atoms with van der Waals surface area (Å²) in [6.45, 7) is 0. The average molecular weight is 218 g/mol. The van der Waals surface area contributed by atoms with Crippen LogP contribution in [0, 0.1) is 11.6 Å². The van der Waals surface area contributed by atoms with Crippen molar-refractivity contribution in [3.05, 3.63) is 29.3 Å². The van der Waals surface area contributed by atoms with Crippen molar-refractivity contribution >= 4 is 5.97 Å². The average Bonchev–Trinajstić information content (AvgIpc) is 2.21. The zero-order valence-corrected chi connectivity index (χ0v) is 7.70. The largest absolute Gasteiger partial charge is 0.507 e. The number of ether oxygens (including phenoxy) is 1. The Bertz CT molecular complexity index is 392. The minimum atomic E-state index is -1.84. The van der Waals surface area contributed by atoms with Gasteiger partial charge in [-0.3, -0.25) is 0 Å². The summed E-state index contributed by atoms with van der Waals surface area (Å²) < 4.78 is 29.5. The quantitative estimate of drug-likeness (QED) is 0.723. The van der Waals surface area contributed by atoms with Crippen LogP contribution in [0.15, 0.2) is 12.1 Å². The van der Waals surface area contributed by atoms with Crippen molar-refractivity contribution in [2.75, 3.05) is 7.11 Å². The molecule has 1 unspecified atom stereocenters. The maximum Gasteiger partial charge on any atom is 0.339 e. The summed E-state index contributed by atoms with van der Waals surface area (Å²) in [5.41, 5.74) is -0.444. The molecule has 2 N–H and O–H groups in total. The van der Waals surface area contributed by atoms with Gasteiger partial charge < -0.3 is 14.9 Å². The molecule has 0 bridgehead atoms. The third-order valence-corrected chi connectivity index (χ3v) is 1.79. The summed E-state index contributed by atoms with van der Waals surface area (Å²) in [5, 5.41) is 18.4. The summed E-state index contributed by atoms with van der Waals surface area (Å²) in [7, 11) is 1.02. The number of methoxy groups -OCH3 is 1. The van der Waals surface area contributed by atoms with Crippen molar-refractivity contribution in [1.29, 1.82) is 0 Å². The Balaban J connectivity index is 3.14. The van der Waals surface area contributed by atoms with Gasteiger partial charge in [-0.1, -0.05) is 0 Å². The molecular weight excluding hydrogens is 210 g/mol. The first-order valence-corrected chi connectivity index (χ1v) is 3.91. The topological polar surface area (TPSA) is 66.8 Å². The highest BCUT2D eigenvalue weighted by Crippen LogP contribution is 2.27. The second kappa shape index (κ2) is 4.22. The molecule has 0 saturated carbocycles. The van der Waals surface area contributed by atoms with Gasteiger partial charge in [0.25, 0.3) is 0 Å². The second-order valence-electron chi connectivity index (χ2n) is 2.75. The fourth-order valence-corrected chi connectivity index (χ4v) is 1.01. The van der Waals surface area contributed by atoms with E-state index in [1.807, 2.05) is 0 Å². The standard InChI is InChI=1S/C9H8F2O4/c1-15-9(14)8(13)4-2-5(10)6(11)3-7(4)12/h2-3,8,12-13H,1H3. The molecule has 0 aromatic heterocycles. The van der Waals surface area contributed by atoms with Crippen LogP contribution in [0.2, 0.25) is 0 Å². The van der Waals surface area contributed by atoms with Gasteiger partial charge >= 0.3 is 5.97 Å². The molecule has 0 aliphatic carbocycles. The van der Waals surface area contributed by atoms with Crippen molar-refractivity contribution in [2.24, 2.45) is 0 Å². The van der Waals surface area contributed by atoms with Crippen LogP contribution in [0.25, 0.3) is 0 Å². The Morgan fingerprint density at radius 1 is 1.40 bits per heavy atom. The molecule has 0 aliphatic heterocycles. The van der Waals surface area contributed by atoms with Crippen LogP contribution in [0.5, 0.6) is 5.75 Å². The summed E-state index contributed by atoms with van der Waals surface area (Å²) >= 11 is 0. The number of halogens is 2. The Hall–Kier alpha value is -1.69. The molecular formula is C9H8F2O4. The van der Waals surface area contributed by atoms with Crippen molar-refractivity contribution in [1.82, 2.24) is 0 Å². The molecule has 0 saturated heterocycles. The van der Waals surface area contributed by atoms with Crippen LogP contribution in [0.4, 0.5) is 8.78 Å². The molecule has 15 heavy (non-hydrogen) atoms. The number of rotatable bonds is 2. The normalized spacial score (nSPS) is 12.3. The van der Waals surface area contributed by atoms with Gasteiger partial charge in [-0.2, -0.15) is 0 Å². The molecule has 0 radical (unpaired) electrons. The molecule has 1 rings (SSSR count). The number of phenols is 1. The summed E-state index contributed by atoms with van der Waals surface area (Å²) in [4.78, 5) is 10.9. The minimum absolute atomic E-state index is 0.444. The predicted octanol–water partition coefficient (Wildman–Crippen LogP) is 0.877. The van der Waals surface area contributed by atoms with Crippen LogP contribution in [-0.4, -0.2) is 23.3 Å². The van der Waals surface area contributed by atoms with Crippen LogP contribution in [-0.2, 0) is 9.53 Å². The number of aliphatic hydroxyl groups is 1. The lowest BCUT2D eigenvalue weighted by Crippen LogP contribution is -2.14. The molecule has 4 nitrogen and oxygen atoms in total. The highest BCUT2D eigenvalue weighted by Gasteiger charge is 2.23. The highest BCUT2D eigenvalue weighted by atomic mass is 19.2. The lowest BCUT2D eigenvalue weighted by molar-refractivity contribution is -0.150. The minimum Gasteiger partial charge on any atom is -0.507 e. The predicted molar refractivity (Wildman–Crippen MR) is 45.0 cm³/mol. The molecule has 0 aliphatic rings. The first-order valence-electron chi connectivity index (χ1n) is 3.91. The van der Waals surface area contributed by atoms with Gasteiger partial charge in [0.1, 0.15) is 5.75 Å². The second-order valence-corrected chi connectivity index (χ2v) is 2.75. The van der Waals surface area contributed by atoms with E-state index < -0.39 is 35.0 Å². The maximum absolute atomic E-state index is 12.7. The Kier molecular flexibility index (Phi) is 3.21. The van der Waals surface area contributed by atoms with E-state index in [1.165, 1.54) is 0 Å². The number of hydrogen-bond acceptors (Lipinski definition) is 4. The molecule has 1 aromatic rings. The van der Waals surface area contributed by atoms with Gasteiger partial charge in [0.05, 0.1) is 7.11 Å². The zero-order valence-electron chi connectivity index (χ0n) is 7.70. The van der Waals surface area contributed by atoms with Crippen molar-refractivity contribution in [3.8, 4) is 5.75 Å². The molecule has 1 atom stereocenters. The molecule has 6 heteroatoms. The summed E-state index contributed by atoms with van der Waals surface area (Å²) in [6, 6.07) is 1.00. The number of esters is 1. The summed E-state index contributed by atoms with van der Waals surface area (Å²) in [5.74, 6) is -4.33. The van der Waals surface area contributed by atoms with Crippen molar-refractivity contribution < 1.29 is 28.5 Å². The van der Waals surface area contributed by atoms with E-state index in [-0.39, 0.29) is 0 Å². The first kappa shape index (κ1) is 11.4. The third kappa shape index (κ3) is 2.21. The van der Waals surface area contributed by atoms with Gasteiger partial charge in [-0.25, -0.2) is 13.6 Å². The first-order chi connectivity index (χ1) is 6.97. The Morgan fingerprint density at radius 3 is 2.47 bits per heavy atom. The fraction of sp³-hybridized carbons (Fsp3) is 0.222. The number of carbonyl (C=O) groups excluding carboxylic acids is 1. The van der Waals surface area contributed by atoms with Crippen molar-refractivity contribution in [2.45, 2.75) is 6.10 Å². The molecule has 0 heterocycles. The molecule has 0 amide bonds. The van der Waals surface area contributed by atoms with Crippen LogP contribution in [0.3, 0.4) is 0 Å². The number of aromatic hydroxyl groups is 1. The van der Waals surface area contributed by atoms with E-state index in [9.17, 15) is 18.7 Å². The van der Waals surface area contributed by atoms with Gasteiger partial charge in [-0.15, -0.1) is 0 Å². The highest BCUT2D eigenvalue weighted by molar-refractivity contribution is 5.77. The van der Waals surface area contributed by atoms with E-state index in [2.05, 4.69) is 4.74 Å².